The molecule has 4 aromatic rings. The van der Waals surface area contributed by atoms with E-state index in [9.17, 15) is 14.9 Å². The number of aromatic nitrogens is 3. The molecule has 4 rings (SSSR count). The molecule has 2 heterocycles. The molecule has 3 amide bonds. The molecule has 3 N–H and O–H groups in total. The van der Waals surface area contributed by atoms with E-state index in [1.807, 2.05) is 61.5 Å². The number of aryl methyl sites for hydroxylation is 1. The van der Waals surface area contributed by atoms with Gasteiger partial charge in [-0.25, -0.2) is 19.7 Å². The number of amides is 3. The van der Waals surface area contributed by atoms with Gasteiger partial charge in [0, 0.05) is 17.4 Å². The highest BCUT2D eigenvalue weighted by Gasteiger charge is 2.18. The van der Waals surface area contributed by atoms with Crippen LogP contribution in [0, 0.1) is 18.3 Å². The largest absolute Gasteiger partial charge is 0.339 e. The predicted molar refractivity (Wildman–Crippen MR) is 139 cm³/mol. The quantitative estimate of drug-likeness (QED) is 0.243. The van der Waals surface area contributed by atoms with Crippen molar-refractivity contribution in [3.63, 3.8) is 0 Å². The Morgan fingerprint density at radius 1 is 0.972 bits per heavy atom. The SMILES string of the molecule is Cc1ccc(Nc2nc(SCC(=O)NC(=O)Nc3ccccn3)nc(-c3ccccc3)c2C#N)cc1. The van der Waals surface area contributed by atoms with E-state index in [0.717, 1.165) is 28.6 Å². The average Bonchev–Trinajstić information content (AvgIpc) is 2.89. The zero-order chi connectivity index (χ0) is 25.3. The van der Waals surface area contributed by atoms with Crippen LogP contribution in [0.15, 0.2) is 84.1 Å². The fourth-order valence-corrected chi connectivity index (χ4v) is 3.80. The number of thioether (sulfide) groups is 1. The molecular weight excluding hydrogens is 474 g/mol. The summed E-state index contributed by atoms with van der Waals surface area (Å²) in [6.45, 7) is 1.99. The molecule has 10 heteroatoms. The van der Waals surface area contributed by atoms with Crippen LogP contribution < -0.4 is 16.0 Å². The van der Waals surface area contributed by atoms with Crippen molar-refractivity contribution < 1.29 is 9.59 Å². The summed E-state index contributed by atoms with van der Waals surface area (Å²) in [7, 11) is 0. The highest BCUT2D eigenvalue weighted by molar-refractivity contribution is 7.99. The topological polar surface area (TPSA) is 133 Å². The predicted octanol–water partition coefficient (Wildman–Crippen LogP) is 4.90. The van der Waals surface area contributed by atoms with Crippen molar-refractivity contribution in [3.8, 4) is 17.3 Å². The van der Waals surface area contributed by atoms with Gasteiger partial charge in [-0.2, -0.15) is 5.26 Å². The fourth-order valence-electron chi connectivity index (χ4n) is 3.16. The lowest BCUT2D eigenvalue weighted by molar-refractivity contribution is -0.117. The van der Waals surface area contributed by atoms with Crippen molar-refractivity contribution in [1.82, 2.24) is 20.3 Å². The molecule has 0 aliphatic heterocycles. The molecule has 0 saturated heterocycles. The van der Waals surface area contributed by atoms with Gasteiger partial charge >= 0.3 is 6.03 Å². The summed E-state index contributed by atoms with van der Waals surface area (Å²) in [5, 5.41) is 18.1. The summed E-state index contributed by atoms with van der Waals surface area (Å²) in [5.41, 5.74) is 3.33. The molecule has 178 valence electrons. The lowest BCUT2D eigenvalue weighted by Crippen LogP contribution is -2.35. The lowest BCUT2D eigenvalue weighted by atomic mass is 10.1. The van der Waals surface area contributed by atoms with Crippen LogP contribution in [0.3, 0.4) is 0 Å². The number of imide groups is 1. The summed E-state index contributed by atoms with van der Waals surface area (Å²) < 4.78 is 0. The zero-order valence-electron chi connectivity index (χ0n) is 19.2. The van der Waals surface area contributed by atoms with E-state index in [4.69, 9.17) is 0 Å². The van der Waals surface area contributed by atoms with Crippen molar-refractivity contribution in [1.29, 1.82) is 5.26 Å². The standard InChI is InChI=1S/C26H21N7O2S/c1-17-10-12-19(13-11-17)29-24-20(15-27)23(18-7-3-2-4-8-18)32-26(33-24)36-16-22(34)31-25(35)30-21-9-5-6-14-28-21/h2-14H,16H2,1H3,(H,29,32,33)(H2,28,30,31,34,35). The molecule has 0 bridgehead atoms. The Kier molecular flexibility index (Phi) is 7.85. The van der Waals surface area contributed by atoms with E-state index < -0.39 is 11.9 Å². The third kappa shape index (κ3) is 6.43. The van der Waals surface area contributed by atoms with Crippen LogP contribution in [-0.4, -0.2) is 32.6 Å². The summed E-state index contributed by atoms with van der Waals surface area (Å²) in [6.07, 6.45) is 1.53. The van der Waals surface area contributed by atoms with Gasteiger partial charge in [0.1, 0.15) is 17.5 Å². The van der Waals surface area contributed by atoms with Gasteiger partial charge in [-0.05, 0) is 31.2 Å². The fraction of sp³-hybridized carbons (Fsp3) is 0.0769. The molecule has 9 nitrogen and oxygen atoms in total. The first-order valence-corrected chi connectivity index (χ1v) is 11.9. The summed E-state index contributed by atoms with van der Waals surface area (Å²) in [6, 6.07) is 23.5. The molecule has 2 aromatic heterocycles. The van der Waals surface area contributed by atoms with Gasteiger partial charge in [0.15, 0.2) is 11.0 Å². The second-order valence-electron chi connectivity index (χ2n) is 7.55. The molecule has 36 heavy (non-hydrogen) atoms. The van der Waals surface area contributed by atoms with E-state index in [-0.39, 0.29) is 16.5 Å². The number of anilines is 3. The van der Waals surface area contributed by atoms with Gasteiger partial charge in [-0.1, -0.05) is 65.9 Å². The number of pyridine rings is 1. The number of carbonyl (C=O) groups is 2. The van der Waals surface area contributed by atoms with Crippen LogP contribution in [0.5, 0.6) is 0 Å². The molecule has 2 aromatic carbocycles. The Balaban J connectivity index is 1.54. The van der Waals surface area contributed by atoms with E-state index in [1.54, 1.807) is 18.2 Å². The Morgan fingerprint density at radius 2 is 1.72 bits per heavy atom. The number of benzene rings is 2. The van der Waals surface area contributed by atoms with E-state index >= 15 is 0 Å². The molecule has 0 aliphatic rings. The van der Waals surface area contributed by atoms with E-state index in [0.29, 0.717) is 17.3 Å². The van der Waals surface area contributed by atoms with Crippen LogP contribution in [-0.2, 0) is 4.79 Å². The first kappa shape index (κ1) is 24.4. The maximum absolute atomic E-state index is 12.4. The van der Waals surface area contributed by atoms with Crippen molar-refractivity contribution in [3.05, 3.63) is 90.1 Å². The zero-order valence-corrected chi connectivity index (χ0v) is 20.0. The monoisotopic (exact) mass is 495 g/mol. The van der Waals surface area contributed by atoms with Gasteiger partial charge < -0.3 is 5.32 Å². The number of nitriles is 1. The minimum Gasteiger partial charge on any atom is -0.339 e. The first-order chi connectivity index (χ1) is 17.5. The molecular formula is C26H21N7O2S. The minimum absolute atomic E-state index is 0.111. The maximum Gasteiger partial charge on any atom is 0.327 e. The number of urea groups is 1. The van der Waals surface area contributed by atoms with Gasteiger partial charge in [-0.15, -0.1) is 0 Å². The number of nitrogens with one attached hydrogen (secondary N) is 3. The minimum atomic E-state index is -0.688. The highest BCUT2D eigenvalue weighted by Crippen LogP contribution is 2.30. The van der Waals surface area contributed by atoms with Crippen LogP contribution in [0.2, 0.25) is 0 Å². The summed E-state index contributed by atoms with van der Waals surface area (Å²) >= 11 is 1.05. The van der Waals surface area contributed by atoms with Gasteiger partial charge in [0.25, 0.3) is 0 Å². The van der Waals surface area contributed by atoms with E-state index in [2.05, 4.69) is 37.0 Å². The van der Waals surface area contributed by atoms with Crippen LogP contribution in [0.1, 0.15) is 11.1 Å². The van der Waals surface area contributed by atoms with Crippen LogP contribution in [0.4, 0.5) is 22.1 Å². The normalized spacial score (nSPS) is 10.2. The Labute approximate surface area is 212 Å². The second-order valence-corrected chi connectivity index (χ2v) is 8.50. The van der Waals surface area contributed by atoms with Gasteiger partial charge in [0.05, 0.1) is 11.4 Å². The number of hydrogen-bond acceptors (Lipinski definition) is 8. The van der Waals surface area contributed by atoms with Crippen molar-refractivity contribution in [2.24, 2.45) is 0 Å². The third-order valence-corrected chi connectivity index (χ3v) is 5.70. The summed E-state index contributed by atoms with van der Waals surface area (Å²) in [5.74, 6) is 0.00614. The highest BCUT2D eigenvalue weighted by atomic mass is 32.2. The number of carbonyl (C=O) groups excluding carboxylic acids is 2. The average molecular weight is 496 g/mol. The molecule has 0 unspecified atom stereocenters. The molecule has 0 saturated carbocycles. The molecule has 0 aliphatic carbocycles. The number of nitrogens with zero attached hydrogens (tertiary/aromatic N) is 4. The number of rotatable bonds is 7. The van der Waals surface area contributed by atoms with Gasteiger partial charge in [0.2, 0.25) is 5.91 Å². The first-order valence-electron chi connectivity index (χ1n) is 10.9. The van der Waals surface area contributed by atoms with E-state index in [1.165, 1.54) is 6.20 Å². The molecule has 0 atom stereocenters. The maximum atomic E-state index is 12.4. The molecule has 0 radical (unpaired) electrons. The smallest absolute Gasteiger partial charge is 0.327 e. The van der Waals surface area contributed by atoms with Crippen LogP contribution in [0.25, 0.3) is 11.3 Å². The Bertz CT molecular complexity index is 1410. The lowest BCUT2D eigenvalue weighted by Gasteiger charge is -2.13. The third-order valence-electron chi connectivity index (χ3n) is 4.85. The summed E-state index contributed by atoms with van der Waals surface area (Å²) in [4.78, 5) is 37.5. The van der Waals surface area contributed by atoms with Crippen LogP contribution >= 0.6 is 11.8 Å². The van der Waals surface area contributed by atoms with Crippen molar-refractivity contribution in [2.75, 3.05) is 16.4 Å². The Hall–Kier alpha value is -4.75. The van der Waals surface area contributed by atoms with Crippen molar-refractivity contribution in [2.45, 2.75) is 12.1 Å². The second kappa shape index (κ2) is 11.6. The molecule has 0 spiro atoms. The number of hydrogen-bond donors (Lipinski definition) is 3. The molecule has 0 fully saturated rings. The van der Waals surface area contributed by atoms with Crippen molar-refractivity contribution >= 4 is 41.0 Å². The Morgan fingerprint density at radius 3 is 2.42 bits per heavy atom. The van der Waals surface area contributed by atoms with Gasteiger partial charge in [-0.3, -0.25) is 15.4 Å².